The van der Waals surface area contributed by atoms with Crippen molar-refractivity contribution < 1.29 is 4.84 Å². The van der Waals surface area contributed by atoms with Gasteiger partial charge in [-0.2, -0.15) is 15.0 Å². The first-order valence-electron chi connectivity index (χ1n) is 6.07. The topological polar surface area (TPSA) is 89.5 Å². The molecule has 18 heavy (non-hydrogen) atoms. The van der Waals surface area contributed by atoms with Crippen LogP contribution in [0.4, 0.5) is 11.9 Å². The molecule has 1 aliphatic carbocycles. The molecule has 7 nitrogen and oxygen atoms in total. The van der Waals surface area contributed by atoms with E-state index in [4.69, 9.17) is 10.6 Å². The van der Waals surface area contributed by atoms with E-state index in [1.807, 2.05) is 14.1 Å². The first-order chi connectivity index (χ1) is 8.65. The first kappa shape index (κ1) is 12.5. The Kier molecular flexibility index (Phi) is 3.91. The third-order valence-electron chi connectivity index (χ3n) is 2.71. The third kappa shape index (κ3) is 3.28. The van der Waals surface area contributed by atoms with Gasteiger partial charge in [-0.05, 0) is 25.7 Å². The summed E-state index contributed by atoms with van der Waals surface area (Å²) in [6, 6.07) is 0.143. The number of hydrogen-bond donors (Lipinski definition) is 1. The SMILES string of the molecule is CN(C)c1nc(N)nc(ON=C2CCCCC2)n1. The minimum Gasteiger partial charge on any atom is -0.368 e. The number of nitrogen functional groups attached to an aromatic ring is 1. The van der Waals surface area contributed by atoms with Crippen molar-refractivity contribution in [2.24, 2.45) is 5.16 Å². The molecular formula is C11H18N6O. The zero-order valence-electron chi connectivity index (χ0n) is 10.8. The Morgan fingerprint density at radius 1 is 1.11 bits per heavy atom. The molecule has 98 valence electrons. The molecule has 1 aliphatic rings. The smallest absolute Gasteiger partial charge is 0.352 e. The Morgan fingerprint density at radius 2 is 1.83 bits per heavy atom. The average Bonchev–Trinajstić information content (AvgIpc) is 2.37. The van der Waals surface area contributed by atoms with Crippen molar-refractivity contribution >= 4 is 17.6 Å². The third-order valence-corrected chi connectivity index (χ3v) is 2.71. The molecule has 1 heterocycles. The van der Waals surface area contributed by atoms with Crippen molar-refractivity contribution in [3.63, 3.8) is 0 Å². The highest BCUT2D eigenvalue weighted by Crippen LogP contribution is 2.16. The number of nitrogens with zero attached hydrogens (tertiary/aromatic N) is 5. The zero-order valence-corrected chi connectivity index (χ0v) is 10.8. The molecule has 1 aromatic heterocycles. The van der Waals surface area contributed by atoms with Crippen LogP contribution in [0.15, 0.2) is 5.16 Å². The maximum absolute atomic E-state index is 5.59. The molecule has 1 fully saturated rings. The predicted octanol–water partition coefficient (Wildman–Crippen LogP) is 1.22. The lowest BCUT2D eigenvalue weighted by Gasteiger charge is -2.12. The van der Waals surface area contributed by atoms with Crippen molar-refractivity contribution in [3.8, 4) is 6.01 Å². The molecule has 0 spiro atoms. The Labute approximate surface area is 106 Å². The molecule has 0 aliphatic heterocycles. The van der Waals surface area contributed by atoms with E-state index in [1.165, 1.54) is 19.3 Å². The fourth-order valence-electron chi connectivity index (χ4n) is 1.76. The van der Waals surface area contributed by atoms with E-state index in [1.54, 1.807) is 4.90 Å². The van der Waals surface area contributed by atoms with Gasteiger partial charge in [-0.15, -0.1) is 0 Å². The molecule has 0 aromatic carbocycles. The maximum atomic E-state index is 5.59. The van der Waals surface area contributed by atoms with Gasteiger partial charge in [-0.3, -0.25) is 0 Å². The van der Waals surface area contributed by atoms with Crippen LogP contribution in [0.1, 0.15) is 32.1 Å². The number of aromatic nitrogens is 3. The standard InChI is InChI=1S/C11H18N6O/c1-17(2)10-13-9(12)14-11(15-10)18-16-8-6-4-3-5-7-8/h3-7H2,1-2H3,(H2,12,13,14,15). The molecule has 1 saturated carbocycles. The normalized spacial score (nSPS) is 15.3. The number of hydrogen-bond acceptors (Lipinski definition) is 7. The van der Waals surface area contributed by atoms with Crippen molar-refractivity contribution in [2.45, 2.75) is 32.1 Å². The van der Waals surface area contributed by atoms with Crippen LogP contribution in [-0.4, -0.2) is 34.8 Å². The number of anilines is 2. The minimum atomic E-state index is 0.132. The highest BCUT2D eigenvalue weighted by Gasteiger charge is 2.10. The second-order valence-electron chi connectivity index (χ2n) is 4.48. The maximum Gasteiger partial charge on any atom is 0.352 e. The molecule has 0 atom stereocenters. The van der Waals surface area contributed by atoms with Crippen LogP contribution in [0.25, 0.3) is 0 Å². The largest absolute Gasteiger partial charge is 0.368 e. The zero-order chi connectivity index (χ0) is 13.0. The van der Waals surface area contributed by atoms with Gasteiger partial charge >= 0.3 is 6.01 Å². The number of rotatable bonds is 3. The van der Waals surface area contributed by atoms with Crippen LogP contribution in [0.3, 0.4) is 0 Å². The van der Waals surface area contributed by atoms with Crippen LogP contribution < -0.4 is 15.5 Å². The summed E-state index contributed by atoms with van der Waals surface area (Å²) in [7, 11) is 3.65. The lowest BCUT2D eigenvalue weighted by Crippen LogP contribution is -2.15. The summed E-state index contributed by atoms with van der Waals surface area (Å²) in [5.41, 5.74) is 6.65. The summed E-state index contributed by atoms with van der Waals surface area (Å²) >= 11 is 0. The Balaban J connectivity index is 2.08. The summed E-state index contributed by atoms with van der Waals surface area (Å²) in [4.78, 5) is 19.0. The predicted molar refractivity (Wildman–Crippen MR) is 69.7 cm³/mol. The highest BCUT2D eigenvalue weighted by atomic mass is 16.6. The van der Waals surface area contributed by atoms with E-state index in [2.05, 4.69) is 20.1 Å². The van der Waals surface area contributed by atoms with Crippen molar-refractivity contribution in [2.75, 3.05) is 24.7 Å². The molecule has 0 radical (unpaired) electrons. The van der Waals surface area contributed by atoms with Gasteiger partial charge in [0.15, 0.2) is 0 Å². The van der Waals surface area contributed by atoms with E-state index in [9.17, 15) is 0 Å². The van der Waals surface area contributed by atoms with Gasteiger partial charge in [-0.1, -0.05) is 11.6 Å². The lowest BCUT2D eigenvalue weighted by atomic mass is 9.99. The van der Waals surface area contributed by atoms with E-state index < -0.39 is 0 Å². The summed E-state index contributed by atoms with van der Waals surface area (Å²) in [6.45, 7) is 0. The minimum absolute atomic E-state index is 0.132. The van der Waals surface area contributed by atoms with Gasteiger partial charge in [0.05, 0.1) is 5.71 Å². The molecule has 0 bridgehead atoms. The van der Waals surface area contributed by atoms with E-state index in [-0.39, 0.29) is 12.0 Å². The number of oxime groups is 1. The average molecular weight is 250 g/mol. The molecule has 2 N–H and O–H groups in total. The Bertz CT molecular complexity index is 437. The monoisotopic (exact) mass is 250 g/mol. The van der Waals surface area contributed by atoms with Gasteiger partial charge in [-0.25, -0.2) is 0 Å². The van der Waals surface area contributed by atoms with Gasteiger partial charge < -0.3 is 15.5 Å². The van der Waals surface area contributed by atoms with Gasteiger partial charge in [0.25, 0.3) is 0 Å². The Morgan fingerprint density at radius 3 is 2.50 bits per heavy atom. The molecule has 7 heteroatoms. The second kappa shape index (κ2) is 5.61. The van der Waals surface area contributed by atoms with Crippen LogP contribution in [-0.2, 0) is 0 Å². The molecule has 0 saturated heterocycles. The van der Waals surface area contributed by atoms with Gasteiger partial charge in [0, 0.05) is 14.1 Å². The van der Waals surface area contributed by atoms with Crippen LogP contribution in [0.5, 0.6) is 6.01 Å². The quantitative estimate of drug-likeness (QED) is 0.811. The molecule has 0 amide bonds. The van der Waals surface area contributed by atoms with Crippen LogP contribution in [0.2, 0.25) is 0 Å². The van der Waals surface area contributed by atoms with E-state index >= 15 is 0 Å². The Hall–Kier alpha value is -1.92. The molecule has 0 unspecified atom stereocenters. The first-order valence-corrected chi connectivity index (χ1v) is 6.07. The highest BCUT2D eigenvalue weighted by molar-refractivity contribution is 5.84. The van der Waals surface area contributed by atoms with Crippen molar-refractivity contribution in [1.82, 2.24) is 15.0 Å². The van der Waals surface area contributed by atoms with Crippen LogP contribution in [0, 0.1) is 0 Å². The second-order valence-corrected chi connectivity index (χ2v) is 4.48. The number of nitrogens with two attached hydrogens (primary N) is 1. The summed E-state index contributed by atoms with van der Waals surface area (Å²) in [5.74, 6) is 0.592. The van der Waals surface area contributed by atoms with Gasteiger partial charge in [0.2, 0.25) is 11.9 Å². The van der Waals surface area contributed by atoms with Crippen molar-refractivity contribution in [3.05, 3.63) is 0 Å². The van der Waals surface area contributed by atoms with E-state index in [0.29, 0.717) is 5.95 Å². The van der Waals surface area contributed by atoms with Crippen molar-refractivity contribution in [1.29, 1.82) is 0 Å². The fourth-order valence-corrected chi connectivity index (χ4v) is 1.76. The molecular weight excluding hydrogens is 232 g/mol. The summed E-state index contributed by atoms with van der Waals surface area (Å²) in [5, 5.41) is 4.08. The summed E-state index contributed by atoms with van der Waals surface area (Å²) < 4.78 is 0. The summed E-state index contributed by atoms with van der Waals surface area (Å²) in [6.07, 6.45) is 5.58. The van der Waals surface area contributed by atoms with Gasteiger partial charge in [0.1, 0.15) is 0 Å². The van der Waals surface area contributed by atoms with Crippen LogP contribution >= 0.6 is 0 Å². The fraction of sp³-hybridized carbons (Fsp3) is 0.636. The molecule has 2 rings (SSSR count). The van der Waals surface area contributed by atoms with E-state index in [0.717, 1.165) is 18.6 Å². The molecule has 1 aromatic rings. The lowest BCUT2D eigenvalue weighted by molar-refractivity contribution is 0.308.